The van der Waals surface area contributed by atoms with Crippen LogP contribution in [0, 0.1) is 13.8 Å². The second kappa shape index (κ2) is 7.51. The molecule has 0 aliphatic carbocycles. The molecule has 3 rings (SSSR count). The first kappa shape index (κ1) is 18.5. The quantitative estimate of drug-likeness (QED) is 0.822. The van der Waals surface area contributed by atoms with Gasteiger partial charge in [0.15, 0.2) is 5.78 Å². The minimum absolute atomic E-state index is 0.0350. The Kier molecular flexibility index (Phi) is 5.34. The summed E-state index contributed by atoms with van der Waals surface area (Å²) in [5.41, 5.74) is 2.54. The van der Waals surface area contributed by atoms with Crippen LogP contribution in [0.3, 0.4) is 0 Å². The first-order chi connectivity index (χ1) is 12.4. The third kappa shape index (κ3) is 3.48. The molecule has 1 aromatic heterocycles. The number of nitrogens with one attached hydrogen (secondary N) is 1. The van der Waals surface area contributed by atoms with Gasteiger partial charge in [-0.15, -0.1) is 0 Å². The second-order valence-corrected chi connectivity index (χ2v) is 7.29. The smallest absolute Gasteiger partial charge is 0.320 e. The van der Waals surface area contributed by atoms with Crippen molar-refractivity contribution < 1.29 is 14.4 Å². The molecule has 0 unspecified atom stereocenters. The van der Waals surface area contributed by atoms with E-state index in [1.54, 1.807) is 4.90 Å². The van der Waals surface area contributed by atoms with Crippen LogP contribution in [-0.4, -0.2) is 76.7 Å². The van der Waals surface area contributed by atoms with E-state index in [4.69, 9.17) is 0 Å². The summed E-state index contributed by atoms with van der Waals surface area (Å²) < 4.78 is 0. The van der Waals surface area contributed by atoms with E-state index in [9.17, 15) is 14.4 Å². The lowest BCUT2D eigenvalue weighted by atomic mass is 10.1. The van der Waals surface area contributed by atoms with Gasteiger partial charge in [0.1, 0.15) is 5.69 Å². The number of aromatic amines is 1. The van der Waals surface area contributed by atoms with Gasteiger partial charge in [0.25, 0.3) is 5.91 Å². The number of nitrogens with zero attached hydrogens (tertiary/aromatic N) is 3. The first-order valence-corrected chi connectivity index (χ1v) is 9.43. The molecule has 1 N–H and O–H groups in total. The summed E-state index contributed by atoms with van der Waals surface area (Å²) in [4.78, 5) is 45.8. The number of aromatic nitrogens is 1. The predicted octanol–water partition coefficient (Wildman–Crippen LogP) is 2.20. The average Bonchev–Trinajstić information content (AvgIpc) is 2.95. The van der Waals surface area contributed by atoms with Crippen LogP contribution in [0.25, 0.3) is 0 Å². The zero-order valence-corrected chi connectivity index (χ0v) is 15.9. The molecule has 0 spiro atoms. The van der Waals surface area contributed by atoms with Gasteiger partial charge in [-0.2, -0.15) is 0 Å². The number of aryl methyl sites for hydroxylation is 1. The van der Waals surface area contributed by atoms with Crippen LogP contribution in [0.15, 0.2) is 0 Å². The van der Waals surface area contributed by atoms with Gasteiger partial charge in [-0.3, -0.25) is 9.59 Å². The van der Waals surface area contributed by atoms with Crippen molar-refractivity contribution >= 4 is 17.7 Å². The van der Waals surface area contributed by atoms with Crippen LogP contribution in [0.4, 0.5) is 4.79 Å². The number of rotatable bonds is 2. The molecule has 2 aliphatic rings. The van der Waals surface area contributed by atoms with Crippen LogP contribution in [-0.2, 0) is 0 Å². The molecule has 1 aromatic rings. The van der Waals surface area contributed by atoms with Gasteiger partial charge < -0.3 is 19.7 Å². The highest BCUT2D eigenvalue weighted by atomic mass is 16.2. The number of Topliss-reactive ketones (excluding diaryl/α,β-unsaturated/α-hetero) is 1. The van der Waals surface area contributed by atoms with Gasteiger partial charge in [-0.05, 0) is 45.6 Å². The Hall–Kier alpha value is -2.31. The molecule has 3 amide bonds. The van der Waals surface area contributed by atoms with E-state index in [1.807, 2.05) is 23.6 Å². The summed E-state index contributed by atoms with van der Waals surface area (Å²) >= 11 is 0. The number of amides is 3. The van der Waals surface area contributed by atoms with Crippen molar-refractivity contribution in [1.82, 2.24) is 19.7 Å². The number of urea groups is 1. The number of likely N-dealkylation sites (tertiary alicyclic amines) is 1. The Morgan fingerprint density at radius 2 is 1.35 bits per heavy atom. The molecule has 26 heavy (non-hydrogen) atoms. The van der Waals surface area contributed by atoms with E-state index < -0.39 is 0 Å². The topological polar surface area (TPSA) is 76.7 Å². The molecule has 0 bridgehead atoms. The monoisotopic (exact) mass is 360 g/mol. The molecular formula is C19H28N4O3. The van der Waals surface area contributed by atoms with Gasteiger partial charge in [0.05, 0.1) is 0 Å². The Bertz CT molecular complexity index is 711. The SMILES string of the molecule is CC(=O)c1c(C)[nH]c(C(=O)N2CCN(C(=O)N3CCCCC3)CC2)c1C. The van der Waals surface area contributed by atoms with Gasteiger partial charge in [0, 0.05) is 50.5 Å². The molecule has 7 nitrogen and oxygen atoms in total. The summed E-state index contributed by atoms with van der Waals surface area (Å²) in [7, 11) is 0. The van der Waals surface area contributed by atoms with E-state index >= 15 is 0 Å². The predicted molar refractivity (Wildman–Crippen MR) is 98.6 cm³/mol. The van der Waals surface area contributed by atoms with Gasteiger partial charge in [-0.1, -0.05) is 0 Å². The maximum atomic E-state index is 12.9. The number of hydrogen-bond donors (Lipinski definition) is 1. The third-order valence-corrected chi connectivity index (χ3v) is 5.47. The lowest BCUT2D eigenvalue weighted by Crippen LogP contribution is -2.54. The lowest BCUT2D eigenvalue weighted by Gasteiger charge is -2.38. The molecule has 3 heterocycles. The van der Waals surface area contributed by atoms with E-state index in [-0.39, 0.29) is 17.7 Å². The molecule has 0 radical (unpaired) electrons. The van der Waals surface area contributed by atoms with Gasteiger partial charge >= 0.3 is 6.03 Å². The number of H-pyrrole nitrogens is 1. The maximum absolute atomic E-state index is 12.9. The fraction of sp³-hybridized carbons (Fsp3) is 0.632. The van der Waals surface area contributed by atoms with E-state index in [1.165, 1.54) is 13.3 Å². The molecule has 2 fully saturated rings. The van der Waals surface area contributed by atoms with Crippen molar-refractivity contribution in [3.8, 4) is 0 Å². The first-order valence-electron chi connectivity index (χ1n) is 9.43. The fourth-order valence-electron chi connectivity index (χ4n) is 4.04. The Morgan fingerprint density at radius 1 is 0.808 bits per heavy atom. The van der Waals surface area contributed by atoms with E-state index in [0.717, 1.165) is 31.6 Å². The highest BCUT2D eigenvalue weighted by molar-refractivity contribution is 6.02. The molecule has 7 heteroatoms. The van der Waals surface area contributed by atoms with Crippen molar-refractivity contribution in [2.24, 2.45) is 0 Å². The highest BCUT2D eigenvalue weighted by Crippen LogP contribution is 2.21. The van der Waals surface area contributed by atoms with Gasteiger partial charge in [0.2, 0.25) is 0 Å². The maximum Gasteiger partial charge on any atom is 0.320 e. The molecule has 2 aliphatic heterocycles. The van der Waals surface area contributed by atoms with E-state index in [0.29, 0.717) is 43.0 Å². The van der Waals surface area contributed by atoms with Crippen molar-refractivity contribution in [3.63, 3.8) is 0 Å². The number of piperazine rings is 1. The summed E-state index contributed by atoms with van der Waals surface area (Å²) in [6.07, 6.45) is 3.35. The minimum atomic E-state index is -0.0943. The molecular weight excluding hydrogens is 332 g/mol. The third-order valence-electron chi connectivity index (χ3n) is 5.47. The number of piperidine rings is 1. The number of carbonyl (C=O) groups excluding carboxylic acids is 3. The Morgan fingerprint density at radius 3 is 1.88 bits per heavy atom. The fourth-order valence-corrected chi connectivity index (χ4v) is 4.04. The Labute approximate surface area is 154 Å². The molecule has 0 atom stereocenters. The van der Waals surface area contributed by atoms with E-state index in [2.05, 4.69) is 4.98 Å². The van der Waals surface area contributed by atoms with Crippen LogP contribution in [0.2, 0.25) is 0 Å². The van der Waals surface area contributed by atoms with Crippen LogP contribution in [0.1, 0.15) is 58.3 Å². The summed E-state index contributed by atoms with van der Waals surface area (Å²) in [5.74, 6) is -0.129. The van der Waals surface area contributed by atoms with Crippen LogP contribution in [0.5, 0.6) is 0 Å². The highest BCUT2D eigenvalue weighted by Gasteiger charge is 2.30. The standard InChI is InChI=1S/C19H28N4O3/c1-13-16(15(3)24)14(2)20-17(13)18(25)21-9-11-23(12-10-21)19(26)22-7-5-4-6-8-22/h20H,4-12H2,1-3H3. The van der Waals surface area contributed by atoms with Crippen LogP contribution >= 0.6 is 0 Å². The number of ketones is 1. The van der Waals surface area contributed by atoms with Crippen molar-refractivity contribution in [3.05, 3.63) is 22.5 Å². The molecule has 142 valence electrons. The van der Waals surface area contributed by atoms with Crippen molar-refractivity contribution in [2.45, 2.75) is 40.0 Å². The zero-order chi connectivity index (χ0) is 18.8. The number of carbonyl (C=O) groups is 3. The number of hydrogen-bond acceptors (Lipinski definition) is 3. The van der Waals surface area contributed by atoms with Crippen molar-refractivity contribution in [1.29, 1.82) is 0 Å². The molecule has 0 aromatic carbocycles. The Balaban J connectivity index is 1.63. The summed E-state index contributed by atoms with van der Waals surface area (Å²) in [6, 6.07) is 0.0996. The summed E-state index contributed by atoms with van der Waals surface area (Å²) in [6.45, 7) is 8.97. The normalized spacial score (nSPS) is 18.2. The largest absolute Gasteiger partial charge is 0.354 e. The van der Waals surface area contributed by atoms with Crippen molar-refractivity contribution in [2.75, 3.05) is 39.3 Å². The zero-order valence-electron chi connectivity index (χ0n) is 15.9. The molecule has 0 saturated carbocycles. The van der Waals surface area contributed by atoms with Gasteiger partial charge in [-0.25, -0.2) is 4.79 Å². The average molecular weight is 360 g/mol. The molecule has 2 saturated heterocycles. The minimum Gasteiger partial charge on any atom is -0.354 e. The lowest BCUT2D eigenvalue weighted by molar-refractivity contribution is 0.0627. The summed E-state index contributed by atoms with van der Waals surface area (Å²) in [5, 5.41) is 0. The van der Waals surface area contributed by atoms with Crippen LogP contribution < -0.4 is 0 Å². The second-order valence-electron chi connectivity index (χ2n) is 7.29.